The number of nitrogens with zero attached hydrogens (tertiary/aromatic N) is 1. The highest BCUT2D eigenvalue weighted by atomic mass is 16.5. The van der Waals surface area contributed by atoms with Crippen molar-refractivity contribution in [3.8, 4) is 0 Å². The molecule has 1 aromatic rings. The topological polar surface area (TPSA) is 70.7 Å². The van der Waals surface area contributed by atoms with Crippen molar-refractivity contribution in [2.45, 2.75) is 70.9 Å². The third-order valence-corrected chi connectivity index (χ3v) is 7.67. The lowest BCUT2D eigenvalue weighted by atomic mass is 9.71. The van der Waals surface area contributed by atoms with E-state index in [4.69, 9.17) is 4.74 Å². The summed E-state index contributed by atoms with van der Waals surface area (Å²) in [5.41, 5.74) is 3.82. The number of nitrogens with one attached hydrogen (secondary N) is 2. The summed E-state index contributed by atoms with van der Waals surface area (Å²) in [5, 5.41) is 6.75. The first kappa shape index (κ1) is 23.2. The highest BCUT2D eigenvalue weighted by molar-refractivity contribution is 6.01. The van der Waals surface area contributed by atoms with Gasteiger partial charge in [0.05, 0.1) is 30.1 Å². The van der Waals surface area contributed by atoms with Gasteiger partial charge in [-0.2, -0.15) is 0 Å². The van der Waals surface area contributed by atoms with Crippen molar-refractivity contribution >= 4 is 23.1 Å². The molecule has 6 nitrogen and oxygen atoms in total. The fourth-order valence-electron chi connectivity index (χ4n) is 6.11. The highest BCUT2D eigenvalue weighted by Gasteiger charge is 2.43. The number of hydrogen-bond acceptors (Lipinski definition) is 5. The number of benzene rings is 1. The minimum absolute atomic E-state index is 0.0192. The van der Waals surface area contributed by atoms with Crippen LogP contribution in [0.4, 0.5) is 11.4 Å². The van der Waals surface area contributed by atoms with Crippen LogP contribution >= 0.6 is 0 Å². The molecule has 0 bridgehead atoms. The summed E-state index contributed by atoms with van der Waals surface area (Å²) in [7, 11) is 0. The summed E-state index contributed by atoms with van der Waals surface area (Å²) in [5.74, 6) is 0.490. The van der Waals surface area contributed by atoms with Gasteiger partial charge < -0.3 is 20.3 Å². The first-order valence-electron chi connectivity index (χ1n) is 12.8. The Morgan fingerprint density at radius 1 is 1.21 bits per heavy atom. The first-order valence-corrected chi connectivity index (χ1v) is 12.8. The number of rotatable bonds is 5. The average molecular weight is 464 g/mol. The molecule has 34 heavy (non-hydrogen) atoms. The van der Waals surface area contributed by atoms with Crippen LogP contribution in [-0.4, -0.2) is 43.5 Å². The second-order valence-corrected chi connectivity index (χ2v) is 11.0. The number of fused-ring (bicyclic) bond motifs is 1. The number of amides is 1. The molecule has 1 fully saturated rings. The molecule has 0 radical (unpaired) electrons. The molecule has 3 unspecified atom stereocenters. The van der Waals surface area contributed by atoms with Crippen LogP contribution in [0.1, 0.15) is 58.8 Å². The Hall–Kier alpha value is -2.60. The van der Waals surface area contributed by atoms with Crippen LogP contribution in [0.2, 0.25) is 0 Å². The second-order valence-electron chi connectivity index (χ2n) is 11.0. The van der Waals surface area contributed by atoms with Gasteiger partial charge in [0.2, 0.25) is 5.91 Å². The van der Waals surface area contributed by atoms with E-state index in [9.17, 15) is 9.59 Å². The predicted octanol–water partition coefficient (Wildman–Crippen LogP) is 4.58. The lowest BCUT2D eigenvalue weighted by molar-refractivity contribution is -0.121. The van der Waals surface area contributed by atoms with Crippen LogP contribution in [0.15, 0.2) is 47.7 Å². The van der Waals surface area contributed by atoms with E-state index in [1.807, 2.05) is 12.1 Å². The van der Waals surface area contributed by atoms with Gasteiger partial charge in [0.15, 0.2) is 5.78 Å². The molecular formula is C28H37N3O3. The van der Waals surface area contributed by atoms with Crippen LogP contribution in [0, 0.1) is 11.3 Å². The Labute approximate surface area is 202 Å². The molecule has 2 heterocycles. The Morgan fingerprint density at radius 3 is 2.82 bits per heavy atom. The zero-order valence-electron chi connectivity index (χ0n) is 20.4. The van der Waals surface area contributed by atoms with Crippen LogP contribution in [-0.2, 0) is 14.3 Å². The van der Waals surface area contributed by atoms with Gasteiger partial charge in [0, 0.05) is 30.8 Å². The molecule has 6 heteroatoms. The molecule has 5 rings (SSSR count). The predicted molar refractivity (Wildman–Crippen MR) is 135 cm³/mol. The van der Waals surface area contributed by atoms with Crippen LogP contribution in [0.25, 0.3) is 0 Å². The molecule has 2 aliphatic carbocycles. The maximum Gasteiger partial charge on any atom is 0.239 e. The van der Waals surface area contributed by atoms with Crippen molar-refractivity contribution in [1.29, 1.82) is 0 Å². The fourth-order valence-corrected chi connectivity index (χ4v) is 6.11. The molecule has 3 atom stereocenters. The smallest absolute Gasteiger partial charge is 0.239 e. The fraction of sp³-hybridized carbons (Fsp3) is 0.571. The number of Topliss-reactive ketones (excluding diaryl/α,β-unsaturated/α-hetero) is 1. The van der Waals surface area contributed by atoms with E-state index in [2.05, 4.69) is 53.7 Å². The molecule has 2 N–H and O–H groups in total. The Kier molecular flexibility index (Phi) is 6.52. The van der Waals surface area contributed by atoms with Gasteiger partial charge in [-0.05, 0) is 62.0 Å². The Bertz CT molecular complexity index is 1010. The molecule has 182 valence electrons. The maximum atomic E-state index is 13.7. The number of carbonyl (C=O) groups is 2. The molecule has 2 aliphatic heterocycles. The zero-order chi connectivity index (χ0) is 23.7. The van der Waals surface area contributed by atoms with E-state index in [0.717, 1.165) is 67.8 Å². The summed E-state index contributed by atoms with van der Waals surface area (Å²) in [6.07, 6.45) is 11.0. The van der Waals surface area contributed by atoms with Gasteiger partial charge in [-0.25, -0.2) is 0 Å². The quantitative estimate of drug-likeness (QED) is 0.626. The number of ketones is 1. The van der Waals surface area contributed by atoms with Crippen molar-refractivity contribution < 1.29 is 14.3 Å². The van der Waals surface area contributed by atoms with Crippen LogP contribution < -0.4 is 15.5 Å². The summed E-state index contributed by atoms with van der Waals surface area (Å²) in [4.78, 5) is 29.1. The van der Waals surface area contributed by atoms with Gasteiger partial charge in [-0.15, -0.1) is 0 Å². The molecular weight excluding hydrogens is 426 g/mol. The molecule has 4 aliphatic rings. The van der Waals surface area contributed by atoms with E-state index >= 15 is 0 Å². The lowest BCUT2D eigenvalue weighted by Gasteiger charge is -2.41. The number of anilines is 2. The third-order valence-electron chi connectivity index (χ3n) is 7.67. The van der Waals surface area contributed by atoms with Crippen LogP contribution in [0.3, 0.4) is 0 Å². The summed E-state index contributed by atoms with van der Waals surface area (Å²) >= 11 is 0. The summed E-state index contributed by atoms with van der Waals surface area (Å²) in [6.45, 7) is 5.89. The van der Waals surface area contributed by atoms with Gasteiger partial charge in [-0.3, -0.25) is 9.59 Å². The van der Waals surface area contributed by atoms with E-state index in [-0.39, 0.29) is 35.8 Å². The Morgan fingerprint density at radius 2 is 2.06 bits per heavy atom. The normalized spacial score (nSPS) is 28.1. The lowest BCUT2D eigenvalue weighted by Crippen LogP contribution is -2.50. The monoisotopic (exact) mass is 463 g/mol. The highest BCUT2D eigenvalue weighted by Crippen LogP contribution is 2.46. The number of para-hydroxylation sites is 2. The standard InChI is InChI=1S/C28H37N3O3/c1-28(2)15-22-26(24(32)16-28)27(19-9-4-3-5-10-19)31(23-13-7-6-12-21(23)30-22)18-25(33)29-17-20-11-8-14-34-20/h3-4,6-7,12-13,19-20,27,30H,5,8-11,14-18H2,1-2H3,(H,29,33). The van der Waals surface area contributed by atoms with Gasteiger partial charge in [0.25, 0.3) is 0 Å². The number of hydrogen-bond donors (Lipinski definition) is 2. The summed E-state index contributed by atoms with van der Waals surface area (Å²) < 4.78 is 5.69. The second kappa shape index (κ2) is 9.57. The van der Waals surface area contributed by atoms with Crippen molar-refractivity contribution in [3.05, 3.63) is 47.7 Å². The molecule has 1 saturated heterocycles. The minimum Gasteiger partial charge on any atom is -0.376 e. The largest absolute Gasteiger partial charge is 0.376 e. The average Bonchev–Trinajstić information content (AvgIpc) is 3.29. The minimum atomic E-state index is -0.117. The van der Waals surface area contributed by atoms with E-state index in [1.54, 1.807) is 0 Å². The van der Waals surface area contributed by atoms with Crippen molar-refractivity contribution in [2.75, 3.05) is 29.9 Å². The van der Waals surface area contributed by atoms with Gasteiger partial charge in [0.1, 0.15) is 0 Å². The SMILES string of the molecule is CC1(C)CC(=O)C2=C(C1)Nc1ccccc1N(CC(=O)NCC1CCCO1)C2C1CC=CCC1. The molecule has 0 aromatic heterocycles. The van der Waals surface area contributed by atoms with E-state index < -0.39 is 0 Å². The van der Waals surface area contributed by atoms with Crippen LogP contribution in [0.5, 0.6) is 0 Å². The first-order chi connectivity index (χ1) is 16.4. The number of carbonyl (C=O) groups excluding carboxylic acids is 2. The molecule has 0 saturated carbocycles. The van der Waals surface area contributed by atoms with Crippen molar-refractivity contribution in [3.63, 3.8) is 0 Å². The van der Waals surface area contributed by atoms with Gasteiger partial charge in [-0.1, -0.05) is 38.1 Å². The zero-order valence-corrected chi connectivity index (χ0v) is 20.4. The molecule has 0 spiro atoms. The summed E-state index contributed by atoms with van der Waals surface area (Å²) in [6, 6.07) is 8.06. The van der Waals surface area contributed by atoms with Gasteiger partial charge >= 0.3 is 0 Å². The molecule has 1 aromatic carbocycles. The third kappa shape index (κ3) is 4.78. The maximum absolute atomic E-state index is 13.7. The molecule has 1 amide bonds. The number of allylic oxidation sites excluding steroid dienone is 3. The van der Waals surface area contributed by atoms with Crippen molar-refractivity contribution in [1.82, 2.24) is 5.32 Å². The number of ether oxygens (including phenoxy) is 1. The van der Waals surface area contributed by atoms with E-state index in [1.165, 1.54) is 0 Å². The van der Waals surface area contributed by atoms with Crippen molar-refractivity contribution in [2.24, 2.45) is 11.3 Å². The Balaban J connectivity index is 1.52. The van der Waals surface area contributed by atoms with E-state index in [0.29, 0.717) is 18.9 Å².